The quantitative estimate of drug-likeness (QED) is 0.0252. The molecule has 0 aliphatic heterocycles. The van der Waals surface area contributed by atoms with Crippen LogP contribution in [0, 0.1) is 104 Å². The van der Waals surface area contributed by atoms with Crippen molar-refractivity contribution in [1.82, 2.24) is 0 Å². The smallest absolute Gasteiger partial charge is 0.309 e. The third-order valence-corrected chi connectivity index (χ3v) is 27.6. The van der Waals surface area contributed by atoms with Crippen molar-refractivity contribution in [2.24, 2.45) is 104 Å². The van der Waals surface area contributed by atoms with Crippen LogP contribution < -0.4 is 0 Å². The predicted molar refractivity (Wildman–Crippen MR) is 413 cm³/mol. The zero-order chi connectivity index (χ0) is 76.1. The molecule has 6 rings (SSSR count). The number of carbonyl (C=O) groups is 3. The first-order chi connectivity index (χ1) is 47.9. The Kier molecular flexibility index (Phi) is 41.0. The summed E-state index contributed by atoms with van der Waals surface area (Å²) in [7, 11) is 0. The summed E-state index contributed by atoms with van der Waals surface area (Å²) in [5.41, 5.74) is -1.93. The molecule has 0 saturated heterocycles. The van der Waals surface area contributed by atoms with E-state index in [4.69, 9.17) is 0 Å². The van der Waals surface area contributed by atoms with Crippen LogP contribution in [0.4, 0.5) is 0 Å². The molecule has 18 atom stereocenters. The molecule has 6 saturated carbocycles. The molecule has 6 aliphatic carbocycles. The van der Waals surface area contributed by atoms with Gasteiger partial charge in [-0.15, -0.1) is 0 Å². The van der Waals surface area contributed by atoms with E-state index < -0.39 is 34.2 Å². The van der Waals surface area contributed by atoms with Crippen molar-refractivity contribution in [2.75, 3.05) is 19.8 Å². The first-order valence-corrected chi connectivity index (χ1v) is 42.5. The summed E-state index contributed by atoms with van der Waals surface area (Å²) in [5, 5.41) is 121. The van der Waals surface area contributed by atoms with Gasteiger partial charge in [0.2, 0.25) is 0 Å². The molecule has 0 spiro atoms. The molecule has 12 N–H and O–H groups in total. The van der Waals surface area contributed by atoms with Gasteiger partial charge in [0.05, 0.1) is 52.9 Å². The van der Waals surface area contributed by atoms with Crippen LogP contribution in [0.25, 0.3) is 0 Å². The Labute approximate surface area is 622 Å². The van der Waals surface area contributed by atoms with Crippen LogP contribution in [0.3, 0.4) is 0 Å². The summed E-state index contributed by atoms with van der Waals surface area (Å²) in [4.78, 5) is 33.7. The second-order valence-corrected chi connectivity index (χ2v) is 39.3. The van der Waals surface area contributed by atoms with E-state index in [1.807, 2.05) is 0 Å². The molecule has 18 unspecified atom stereocenters. The average molecular weight is 1450 g/mol. The van der Waals surface area contributed by atoms with Gasteiger partial charge < -0.3 is 61.3 Å². The number of hydrogen-bond acceptors (Lipinski definition) is 12. The van der Waals surface area contributed by atoms with Crippen LogP contribution in [0.1, 0.15) is 372 Å². The van der Waals surface area contributed by atoms with Crippen LogP contribution >= 0.6 is 0 Å². The third-order valence-electron chi connectivity index (χ3n) is 27.6. The van der Waals surface area contributed by atoms with Gasteiger partial charge in [-0.25, -0.2) is 0 Å². The Balaban J connectivity index is 0.000000324. The van der Waals surface area contributed by atoms with Gasteiger partial charge in [-0.3, -0.25) is 14.4 Å². The number of aliphatic hydroxyl groups is 9. The highest BCUT2D eigenvalue weighted by Gasteiger charge is 2.41. The second-order valence-electron chi connectivity index (χ2n) is 39.3. The molecular formula is C87H162O15. The van der Waals surface area contributed by atoms with Crippen molar-refractivity contribution in [1.29, 1.82) is 0 Å². The van der Waals surface area contributed by atoms with E-state index in [0.717, 1.165) is 270 Å². The molecule has 0 radical (unpaired) electrons. The van der Waals surface area contributed by atoms with Crippen molar-refractivity contribution in [2.45, 2.75) is 409 Å². The van der Waals surface area contributed by atoms with E-state index >= 15 is 0 Å². The molecule has 15 nitrogen and oxygen atoms in total. The monoisotopic (exact) mass is 1450 g/mol. The molecule has 102 heavy (non-hydrogen) atoms. The van der Waals surface area contributed by atoms with Gasteiger partial charge in [0.15, 0.2) is 0 Å². The Bertz CT molecular complexity index is 2200. The minimum Gasteiger partial charge on any atom is -0.481 e. The average Bonchev–Trinajstić information content (AvgIpc) is 1.73. The number of aliphatic carboxylic acids is 3. The molecule has 0 heterocycles. The van der Waals surface area contributed by atoms with Crippen molar-refractivity contribution < 1.29 is 75.7 Å². The third kappa shape index (κ3) is 32.3. The van der Waals surface area contributed by atoms with Crippen molar-refractivity contribution in [3.63, 3.8) is 0 Å². The van der Waals surface area contributed by atoms with Gasteiger partial charge in [0, 0.05) is 19.8 Å². The fourth-order valence-electron chi connectivity index (χ4n) is 19.1. The molecule has 6 aliphatic rings. The molecule has 0 bridgehead atoms. The summed E-state index contributed by atoms with van der Waals surface area (Å²) < 4.78 is 0. The van der Waals surface area contributed by atoms with Crippen LogP contribution in [0.15, 0.2) is 0 Å². The zero-order valence-corrected chi connectivity index (χ0v) is 67.4. The van der Waals surface area contributed by atoms with E-state index in [2.05, 4.69) is 41.5 Å². The van der Waals surface area contributed by atoms with Crippen LogP contribution in [0.2, 0.25) is 0 Å². The van der Waals surface area contributed by atoms with Crippen LogP contribution in [0.5, 0.6) is 0 Å². The normalized spacial score (nSPS) is 30.2. The topological polar surface area (TPSA) is 294 Å². The Morgan fingerprint density at radius 1 is 0.225 bits per heavy atom. The maximum Gasteiger partial charge on any atom is 0.309 e. The molecule has 0 aromatic rings. The molecule has 600 valence electrons. The van der Waals surface area contributed by atoms with E-state index in [0.29, 0.717) is 90.3 Å². The lowest BCUT2D eigenvalue weighted by Crippen LogP contribution is -2.24. The Morgan fingerprint density at radius 2 is 0.353 bits per heavy atom. The minimum atomic E-state index is -0.739. The summed E-state index contributed by atoms with van der Waals surface area (Å²) >= 11 is 0. The maximum atomic E-state index is 11.2. The molecule has 6 fully saturated rings. The van der Waals surface area contributed by atoms with Crippen LogP contribution in [-0.4, -0.2) is 136 Å². The number of unbranched alkanes of at least 4 members (excludes halogenated alkanes) is 6. The van der Waals surface area contributed by atoms with E-state index in [-0.39, 0.29) is 72.7 Å². The van der Waals surface area contributed by atoms with Gasteiger partial charge in [0.1, 0.15) is 0 Å². The number of hydrogen-bond donors (Lipinski definition) is 12. The van der Waals surface area contributed by atoms with Crippen molar-refractivity contribution >= 4 is 17.9 Å². The van der Waals surface area contributed by atoms with E-state index in [1.165, 1.54) is 0 Å². The highest BCUT2D eigenvalue weighted by molar-refractivity contribution is 5.74. The fraction of sp³-hybridized carbons (Fsp3) is 0.966. The largest absolute Gasteiger partial charge is 0.481 e. The maximum absolute atomic E-state index is 11.2. The van der Waals surface area contributed by atoms with Crippen LogP contribution in [-0.2, 0) is 14.4 Å². The first-order valence-electron chi connectivity index (χ1n) is 42.5. The SMILES string of the molecule is CC(C)(CCCCC1CCC(CCCC2CCC(CCCCC(C)(C)C(=O)O)C2O)C1O)C(=O)O.CC(C)(CO)CCCCC1CCC(CCCC2CCC(CCCCC(C)(C)C(=O)O)C2O)C1O.CC(C)(CO)CCCCC1CCC(CCCC2CCC(CCCCC(C)(C)CO)C2O)C1O. The van der Waals surface area contributed by atoms with E-state index in [1.54, 1.807) is 41.5 Å². The minimum absolute atomic E-state index is 0.0118. The number of carboxylic acids is 3. The predicted octanol–water partition coefficient (Wildman–Crippen LogP) is 18.5. The Hall–Kier alpha value is -1.95. The highest BCUT2D eigenvalue weighted by Crippen LogP contribution is 2.46. The summed E-state index contributed by atoms with van der Waals surface area (Å²) in [6, 6.07) is 0. The number of rotatable bonds is 48. The summed E-state index contributed by atoms with van der Waals surface area (Å²) in [5.74, 6) is 2.67. The highest BCUT2D eigenvalue weighted by atomic mass is 16.4. The second kappa shape index (κ2) is 45.3. The van der Waals surface area contributed by atoms with Gasteiger partial charge >= 0.3 is 17.9 Å². The molecule has 0 amide bonds. The van der Waals surface area contributed by atoms with Gasteiger partial charge in [-0.2, -0.15) is 0 Å². The standard InChI is InChI=1S/C29H52O6.C29H54O5.C29H56O4/c1-28(2,26(32)33)18-7-5-10-20-14-16-22(24(20)30)12-9-13-23-17-15-21(25(23)31)11-6-8-19-29(3,4)27(34)35;1-28(2,20-30)18-7-5-10-21-14-16-23(25(21)31)12-9-13-24-17-15-22(26(24)32)11-6-8-19-29(3,4)27(33)34;1-28(2,20-30)18-7-5-10-22-14-16-24(26(22)32)12-9-13-25-17-15-23(27(25)33)11-6-8-19-29(3,4)21-31/h20-25,30-31H,5-19H2,1-4H3,(H,32,33)(H,34,35);21-26,30-32H,5-20H2,1-4H3,(H,33,34);22-27,30-33H,5-21H2,1-4H3. The summed E-state index contributed by atoms with van der Waals surface area (Å²) in [6.07, 6.45) is 46.1. The van der Waals surface area contributed by atoms with Crippen molar-refractivity contribution in [3.05, 3.63) is 0 Å². The summed E-state index contributed by atoms with van der Waals surface area (Å²) in [6.45, 7) is 24.2. The Morgan fingerprint density at radius 3 is 0.480 bits per heavy atom. The lowest BCUT2D eigenvalue weighted by molar-refractivity contribution is -0.148. The molecular weight excluding hydrogens is 1280 g/mol. The molecule has 0 aromatic carbocycles. The lowest BCUT2D eigenvalue weighted by Gasteiger charge is -2.24. The fourth-order valence-corrected chi connectivity index (χ4v) is 19.1. The van der Waals surface area contributed by atoms with Gasteiger partial charge in [-0.05, 0) is 321 Å². The molecule has 0 aromatic heterocycles. The molecule has 15 heteroatoms. The lowest BCUT2D eigenvalue weighted by atomic mass is 9.85. The van der Waals surface area contributed by atoms with E-state index in [9.17, 15) is 75.7 Å². The first kappa shape index (κ1) is 92.4. The van der Waals surface area contributed by atoms with Gasteiger partial charge in [0.25, 0.3) is 0 Å². The van der Waals surface area contributed by atoms with Crippen molar-refractivity contribution in [3.8, 4) is 0 Å². The number of carboxylic acid groups (broad SMARTS) is 3. The van der Waals surface area contributed by atoms with Gasteiger partial charge in [-0.1, -0.05) is 138 Å². The zero-order valence-electron chi connectivity index (χ0n) is 67.4. The number of aliphatic hydroxyl groups excluding tert-OH is 9.